The van der Waals surface area contributed by atoms with Crippen LogP contribution in [-0.4, -0.2) is 11.7 Å². The normalized spacial score (nSPS) is 12.5. The zero-order valence-corrected chi connectivity index (χ0v) is 12.3. The lowest BCUT2D eigenvalue weighted by Crippen LogP contribution is -2.08. The van der Waals surface area contributed by atoms with Crippen LogP contribution < -0.4 is 4.74 Å². The van der Waals surface area contributed by atoms with Crippen LogP contribution in [0.1, 0.15) is 17.2 Å². The third-order valence-electron chi connectivity index (χ3n) is 2.92. The predicted octanol–water partition coefficient (Wildman–Crippen LogP) is 4.87. The van der Waals surface area contributed by atoms with E-state index < -0.39 is 12.7 Å². The molecule has 0 bridgehead atoms. The fourth-order valence-corrected chi connectivity index (χ4v) is 2.45. The van der Waals surface area contributed by atoms with Gasteiger partial charge in [-0.1, -0.05) is 47.5 Å². The maximum atomic E-state index is 12.4. The first-order chi connectivity index (χ1) is 9.97. The van der Waals surface area contributed by atoms with Gasteiger partial charge in [0.25, 0.3) is 0 Å². The molecule has 112 valence electrons. The molecule has 0 fully saturated rings. The summed E-state index contributed by atoms with van der Waals surface area (Å²) in [7, 11) is 0. The number of aliphatic hydroxyl groups excluding tert-OH is 1. The first-order valence-corrected chi connectivity index (χ1v) is 6.88. The summed E-state index contributed by atoms with van der Waals surface area (Å²) in [6.07, 6.45) is -0.849. The maximum absolute atomic E-state index is 12.4. The van der Waals surface area contributed by atoms with Gasteiger partial charge in [0.15, 0.2) is 0 Å². The maximum Gasteiger partial charge on any atom is 0.387 e. The number of hydrogen-bond acceptors (Lipinski definition) is 2. The zero-order valence-electron chi connectivity index (χ0n) is 10.8. The van der Waals surface area contributed by atoms with E-state index in [0.29, 0.717) is 15.6 Å². The Hall–Kier alpha value is -1.36. The number of ether oxygens (including phenoxy) is 1. The summed E-state index contributed by atoms with van der Waals surface area (Å²) in [5.41, 5.74) is 0.948. The molecule has 2 nitrogen and oxygen atoms in total. The molecular formula is C15H12Cl2F2O2. The van der Waals surface area contributed by atoms with Gasteiger partial charge >= 0.3 is 6.61 Å². The van der Waals surface area contributed by atoms with Crippen molar-refractivity contribution in [1.29, 1.82) is 0 Å². The van der Waals surface area contributed by atoms with Crippen LogP contribution in [0.15, 0.2) is 42.5 Å². The molecule has 0 aromatic heterocycles. The monoisotopic (exact) mass is 332 g/mol. The lowest BCUT2D eigenvalue weighted by atomic mass is 10.0. The van der Waals surface area contributed by atoms with Crippen LogP contribution in [0.4, 0.5) is 8.78 Å². The number of rotatable bonds is 5. The molecule has 0 radical (unpaired) electrons. The van der Waals surface area contributed by atoms with Gasteiger partial charge in [-0.05, 0) is 23.8 Å². The molecule has 1 atom stereocenters. The first kappa shape index (κ1) is 16.0. The van der Waals surface area contributed by atoms with Crippen LogP contribution in [0, 0.1) is 0 Å². The molecule has 0 aliphatic rings. The van der Waals surface area contributed by atoms with Gasteiger partial charge < -0.3 is 9.84 Å². The molecule has 2 rings (SSSR count). The van der Waals surface area contributed by atoms with E-state index >= 15 is 0 Å². The smallest absolute Gasteiger partial charge is 0.387 e. The summed E-state index contributed by atoms with van der Waals surface area (Å²) >= 11 is 11.8. The molecule has 0 amide bonds. The van der Waals surface area contributed by atoms with Crippen LogP contribution in [0.2, 0.25) is 10.0 Å². The van der Waals surface area contributed by atoms with E-state index in [9.17, 15) is 13.9 Å². The fourth-order valence-electron chi connectivity index (χ4n) is 1.96. The van der Waals surface area contributed by atoms with Crippen LogP contribution in [-0.2, 0) is 6.42 Å². The van der Waals surface area contributed by atoms with Crippen molar-refractivity contribution in [1.82, 2.24) is 0 Å². The van der Waals surface area contributed by atoms with Gasteiger partial charge in [0.1, 0.15) is 5.75 Å². The van der Waals surface area contributed by atoms with E-state index in [1.807, 2.05) is 0 Å². The molecule has 0 spiro atoms. The second kappa shape index (κ2) is 7.07. The minimum atomic E-state index is -2.95. The van der Waals surface area contributed by atoms with Crippen molar-refractivity contribution < 1.29 is 18.6 Å². The van der Waals surface area contributed by atoms with Gasteiger partial charge in [0.05, 0.1) is 6.10 Å². The minimum absolute atomic E-state index is 0.0508. The zero-order chi connectivity index (χ0) is 15.4. The highest BCUT2D eigenvalue weighted by Crippen LogP contribution is 2.31. The van der Waals surface area contributed by atoms with E-state index in [-0.39, 0.29) is 17.7 Å². The second-order valence-electron chi connectivity index (χ2n) is 4.37. The molecule has 1 N–H and O–H groups in total. The summed E-state index contributed by atoms with van der Waals surface area (Å²) in [6, 6.07) is 11.0. The summed E-state index contributed by atoms with van der Waals surface area (Å²) in [6.45, 7) is -2.95. The van der Waals surface area contributed by atoms with Gasteiger partial charge in [-0.2, -0.15) is 8.78 Å². The first-order valence-electron chi connectivity index (χ1n) is 6.13. The van der Waals surface area contributed by atoms with Gasteiger partial charge in [0, 0.05) is 22.0 Å². The van der Waals surface area contributed by atoms with E-state index in [1.54, 1.807) is 30.3 Å². The van der Waals surface area contributed by atoms with Crippen molar-refractivity contribution in [2.45, 2.75) is 19.1 Å². The van der Waals surface area contributed by atoms with Crippen molar-refractivity contribution in [3.05, 3.63) is 63.6 Å². The highest BCUT2D eigenvalue weighted by molar-refractivity contribution is 6.35. The lowest BCUT2D eigenvalue weighted by molar-refractivity contribution is -0.0515. The Bertz CT molecular complexity index is 620. The standard InChI is InChI=1S/C15H12Cl2F2O2/c16-10-6-5-9(12(17)8-10)7-13(20)11-3-1-2-4-14(11)21-15(18)19/h1-6,8,13,15,20H,7H2. The highest BCUT2D eigenvalue weighted by Gasteiger charge is 2.17. The summed E-state index contributed by atoms with van der Waals surface area (Å²) in [5, 5.41) is 11.1. The Morgan fingerprint density at radius 1 is 1.10 bits per heavy atom. The number of hydrogen-bond donors (Lipinski definition) is 1. The van der Waals surface area contributed by atoms with E-state index in [4.69, 9.17) is 23.2 Å². The number of benzene rings is 2. The van der Waals surface area contributed by atoms with Crippen LogP contribution in [0.3, 0.4) is 0 Å². The average Bonchev–Trinajstić information content (AvgIpc) is 2.42. The van der Waals surface area contributed by atoms with E-state index in [1.165, 1.54) is 12.1 Å². The molecule has 21 heavy (non-hydrogen) atoms. The Labute approximate surface area is 130 Å². The number of aliphatic hydroxyl groups is 1. The Morgan fingerprint density at radius 3 is 2.48 bits per heavy atom. The van der Waals surface area contributed by atoms with E-state index in [0.717, 1.165) is 0 Å². The molecule has 0 saturated carbocycles. The number of para-hydroxylation sites is 1. The number of alkyl halides is 2. The fraction of sp³-hybridized carbons (Fsp3) is 0.200. The molecular weight excluding hydrogens is 321 g/mol. The van der Waals surface area contributed by atoms with Gasteiger partial charge in [-0.3, -0.25) is 0 Å². The van der Waals surface area contributed by atoms with Crippen LogP contribution >= 0.6 is 23.2 Å². The molecule has 2 aromatic carbocycles. The van der Waals surface area contributed by atoms with Crippen molar-refractivity contribution in [2.75, 3.05) is 0 Å². The van der Waals surface area contributed by atoms with Crippen LogP contribution in [0.25, 0.3) is 0 Å². The quantitative estimate of drug-likeness (QED) is 0.846. The van der Waals surface area contributed by atoms with Crippen molar-refractivity contribution >= 4 is 23.2 Å². The van der Waals surface area contributed by atoms with Gasteiger partial charge in [-0.25, -0.2) is 0 Å². The minimum Gasteiger partial charge on any atom is -0.434 e. The molecule has 1 unspecified atom stereocenters. The van der Waals surface area contributed by atoms with Crippen LogP contribution in [0.5, 0.6) is 5.75 Å². The summed E-state index contributed by atoms with van der Waals surface area (Å²) in [4.78, 5) is 0. The highest BCUT2D eigenvalue weighted by atomic mass is 35.5. The van der Waals surface area contributed by atoms with Gasteiger partial charge in [-0.15, -0.1) is 0 Å². The molecule has 0 saturated heterocycles. The summed E-state index contributed by atoms with van der Waals surface area (Å²) < 4.78 is 29.1. The van der Waals surface area contributed by atoms with Crippen molar-refractivity contribution in [2.24, 2.45) is 0 Å². The lowest BCUT2D eigenvalue weighted by Gasteiger charge is -2.16. The molecule has 0 aliphatic heterocycles. The third kappa shape index (κ3) is 4.30. The molecule has 2 aromatic rings. The number of halogens is 4. The van der Waals surface area contributed by atoms with Crippen molar-refractivity contribution in [3.63, 3.8) is 0 Å². The van der Waals surface area contributed by atoms with Crippen molar-refractivity contribution in [3.8, 4) is 5.75 Å². The Balaban J connectivity index is 2.22. The van der Waals surface area contributed by atoms with Gasteiger partial charge in [0.2, 0.25) is 0 Å². The molecule has 0 heterocycles. The predicted molar refractivity (Wildman–Crippen MR) is 78.2 cm³/mol. The Kier molecular flexibility index (Phi) is 5.39. The SMILES string of the molecule is OC(Cc1ccc(Cl)cc1Cl)c1ccccc1OC(F)F. The Morgan fingerprint density at radius 2 is 1.81 bits per heavy atom. The van der Waals surface area contributed by atoms with E-state index in [2.05, 4.69) is 4.74 Å². The largest absolute Gasteiger partial charge is 0.434 e. The average molecular weight is 333 g/mol. The summed E-state index contributed by atoms with van der Waals surface area (Å²) in [5.74, 6) is -0.0508. The second-order valence-corrected chi connectivity index (χ2v) is 5.22. The molecule has 0 aliphatic carbocycles. The topological polar surface area (TPSA) is 29.5 Å². The molecule has 6 heteroatoms. The third-order valence-corrected chi connectivity index (χ3v) is 3.51.